The van der Waals surface area contributed by atoms with Crippen LogP contribution in [0, 0.1) is 25.7 Å². The number of hydrogen-bond donors (Lipinski definition) is 3. The lowest BCUT2D eigenvalue weighted by Crippen LogP contribution is -2.47. The van der Waals surface area contributed by atoms with E-state index in [1.54, 1.807) is 13.0 Å². The number of nitrogens with two attached hydrogens (primary N) is 1. The molecule has 0 aliphatic carbocycles. The second-order valence-electron chi connectivity index (χ2n) is 6.76. The lowest BCUT2D eigenvalue weighted by atomic mass is 10.0. The first-order valence-electron chi connectivity index (χ1n) is 8.82. The van der Waals surface area contributed by atoms with E-state index in [2.05, 4.69) is 27.0 Å². The number of piperidine rings is 1. The molecule has 136 valence electrons. The fraction of sp³-hybridized carbons (Fsp3) is 0.400. The van der Waals surface area contributed by atoms with Crippen LogP contribution in [0.2, 0.25) is 0 Å². The molecule has 26 heavy (non-hydrogen) atoms. The molecule has 1 aromatic heterocycles. The van der Waals surface area contributed by atoms with Crippen molar-refractivity contribution in [3.63, 3.8) is 0 Å². The second kappa shape index (κ2) is 7.12. The summed E-state index contributed by atoms with van der Waals surface area (Å²) in [6, 6.07) is 3.79. The Morgan fingerprint density at radius 3 is 2.81 bits per heavy atom. The van der Waals surface area contributed by atoms with Gasteiger partial charge in [0.15, 0.2) is 0 Å². The number of hydrogen-bond acceptors (Lipinski definition) is 3. The molecule has 2 aromatic rings. The quantitative estimate of drug-likeness (QED) is 0.738. The van der Waals surface area contributed by atoms with Gasteiger partial charge in [0.05, 0.1) is 11.1 Å². The molecule has 1 atom stereocenters. The Hall–Kier alpha value is -2.94. The largest absolute Gasteiger partial charge is 0.369 e. The van der Waals surface area contributed by atoms with Crippen molar-refractivity contribution in [1.29, 1.82) is 0 Å². The minimum atomic E-state index is -0.440. The third kappa shape index (κ3) is 3.25. The van der Waals surface area contributed by atoms with Gasteiger partial charge in [0.25, 0.3) is 11.8 Å². The molecular formula is C20H24N4O2. The number of aromatic nitrogens is 1. The minimum Gasteiger partial charge on any atom is -0.369 e. The minimum absolute atomic E-state index is 0.0586. The predicted octanol–water partition coefficient (Wildman–Crippen LogP) is 1.99. The van der Waals surface area contributed by atoms with E-state index in [4.69, 9.17) is 5.73 Å². The van der Waals surface area contributed by atoms with Crippen molar-refractivity contribution in [3.05, 3.63) is 29.0 Å². The van der Waals surface area contributed by atoms with E-state index in [9.17, 15) is 9.59 Å². The van der Waals surface area contributed by atoms with Gasteiger partial charge in [-0.25, -0.2) is 0 Å². The summed E-state index contributed by atoms with van der Waals surface area (Å²) in [5, 5.41) is 4.01. The highest BCUT2D eigenvalue weighted by molar-refractivity contribution is 6.10. The molecule has 1 aromatic carbocycles. The van der Waals surface area contributed by atoms with Crippen LogP contribution in [0.15, 0.2) is 12.1 Å². The average Bonchev–Trinajstić information content (AvgIpc) is 2.89. The zero-order valence-corrected chi connectivity index (χ0v) is 15.4. The van der Waals surface area contributed by atoms with Gasteiger partial charge in [-0.05, 0) is 57.2 Å². The molecule has 0 radical (unpaired) electrons. The summed E-state index contributed by atoms with van der Waals surface area (Å²) in [5.41, 5.74) is 10.0. The summed E-state index contributed by atoms with van der Waals surface area (Å²) in [4.78, 5) is 29.1. The molecule has 0 spiro atoms. The highest BCUT2D eigenvalue weighted by Crippen LogP contribution is 2.34. The molecule has 1 saturated heterocycles. The van der Waals surface area contributed by atoms with Crippen LogP contribution in [0.3, 0.4) is 0 Å². The zero-order chi connectivity index (χ0) is 18.8. The van der Waals surface area contributed by atoms with Gasteiger partial charge in [-0.15, -0.1) is 0 Å². The molecular weight excluding hydrogens is 328 g/mol. The maximum atomic E-state index is 11.8. The van der Waals surface area contributed by atoms with E-state index in [0.29, 0.717) is 12.1 Å². The molecule has 2 amide bonds. The number of fused-ring (bicyclic) bond motifs is 1. The van der Waals surface area contributed by atoms with E-state index < -0.39 is 5.91 Å². The highest BCUT2D eigenvalue weighted by Gasteiger charge is 2.25. The first kappa shape index (κ1) is 17.9. The van der Waals surface area contributed by atoms with Crippen LogP contribution < -0.4 is 16.0 Å². The number of nitrogens with one attached hydrogen (secondary N) is 2. The molecule has 2 heterocycles. The molecule has 0 bridgehead atoms. The van der Waals surface area contributed by atoms with E-state index in [1.165, 1.54) is 0 Å². The predicted molar refractivity (Wildman–Crippen MR) is 103 cm³/mol. The van der Waals surface area contributed by atoms with Gasteiger partial charge >= 0.3 is 0 Å². The Kier molecular flexibility index (Phi) is 4.90. The van der Waals surface area contributed by atoms with Gasteiger partial charge in [0, 0.05) is 35.9 Å². The van der Waals surface area contributed by atoms with Gasteiger partial charge in [0.1, 0.15) is 0 Å². The number of anilines is 1. The number of amides is 2. The molecule has 4 N–H and O–H groups in total. The number of nitrogens with zero attached hydrogens (tertiary/aromatic N) is 1. The standard InChI is InChI=1S/C20H24N4O2/c1-4-6-17(25)23-14-7-5-10-24(11-14)16-9-8-15(20(21)26)19-18(16)12(2)13(3)22-19/h8-9,14,22H,5,7,10-11H2,1-3H3,(H2,21,26)(H,23,25)/t14-/m1/s1. The van der Waals surface area contributed by atoms with Crippen LogP contribution in [-0.2, 0) is 4.79 Å². The summed E-state index contributed by atoms with van der Waals surface area (Å²) >= 11 is 0. The van der Waals surface area contributed by atoms with Gasteiger partial charge in [0.2, 0.25) is 0 Å². The molecule has 0 unspecified atom stereocenters. The molecule has 1 aliphatic heterocycles. The number of H-pyrrole nitrogens is 1. The second-order valence-corrected chi connectivity index (χ2v) is 6.76. The molecule has 6 heteroatoms. The highest BCUT2D eigenvalue weighted by atomic mass is 16.1. The van der Waals surface area contributed by atoms with Gasteiger partial charge in [-0.2, -0.15) is 0 Å². The molecule has 1 aliphatic rings. The Morgan fingerprint density at radius 2 is 2.12 bits per heavy atom. The lowest BCUT2D eigenvalue weighted by molar-refractivity contribution is -0.116. The van der Waals surface area contributed by atoms with Crippen LogP contribution in [0.5, 0.6) is 0 Å². The van der Waals surface area contributed by atoms with Crippen LogP contribution >= 0.6 is 0 Å². The van der Waals surface area contributed by atoms with Crippen molar-refractivity contribution in [3.8, 4) is 11.8 Å². The van der Waals surface area contributed by atoms with Crippen molar-refractivity contribution in [2.75, 3.05) is 18.0 Å². The molecule has 6 nitrogen and oxygen atoms in total. The topological polar surface area (TPSA) is 91.2 Å². The third-order valence-electron chi connectivity index (χ3n) is 5.03. The number of aryl methyl sites for hydroxylation is 2. The summed E-state index contributed by atoms with van der Waals surface area (Å²) in [5.74, 6) is 4.49. The SMILES string of the molecule is CC#CC(=O)N[C@@H]1CCCN(c2ccc(C(N)=O)c3[nH]c(C)c(C)c23)C1. The van der Waals surface area contributed by atoms with Crippen LogP contribution in [-0.4, -0.2) is 35.9 Å². The normalized spacial score (nSPS) is 16.9. The summed E-state index contributed by atoms with van der Waals surface area (Å²) in [6.45, 7) is 7.31. The number of aromatic amines is 1. The van der Waals surface area contributed by atoms with Crippen LogP contribution in [0.25, 0.3) is 10.9 Å². The van der Waals surface area contributed by atoms with Crippen molar-refractivity contribution >= 4 is 28.4 Å². The van der Waals surface area contributed by atoms with Crippen LogP contribution in [0.1, 0.15) is 41.4 Å². The number of carbonyl (C=O) groups is 2. The Balaban J connectivity index is 1.97. The van der Waals surface area contributed by atoms with Gasteiger partial charge in [-0.3, -0.25) is 9.59 Å². The van der Waals surface area contributed by atoms with Gasteiger partial charge in [-0.1, -0.05) is 5.92 Å². The van der Waals surface area contributed by atoms with E-state index >= 15 is 0 Å². The van der Waals surface area contributed by atoms with Crippen molar-refractivity contribution in [2.45, 2.75) is 39.7 Å². The fourth-order valence-corrected chi connectivity index (χ4v) is 3.69. The Bertz CT molecular complexity index is 933. The Morgan fingerprint density at radius 1 is 1.35 bits per heavy atom. The maximum Gasteiger partial charge on any atom is 0.296 e. The number of carbonyl (C=O) groups excluding carboxylic acids is 2. The molecule has 0 saturated carbocycles. The monoisotopic (exact) mass is 352 g/mol. The van der Waals surface area contributed by atoms with Crippen molar-refractivity contribution in [1.82, 2.24) is 10.3 Å². The summed E-state index contributed by atoms with van der Waals surface area (Å²) < 4.78 is 0. The van der Waals surface area contributed by atoms with Crippen molar-refractivity contribution < 1.29 is 9.59 Å². The average molecular weight is 352 g/mol. The Labute approximate surface area is 153 Å². The van der Waals surface area contributed by atoms with Crippen molar-refractivity contribution in [2.24, 2.45) is 5.73 Å². The molecule has 1 fully saturated rings. The smallest absolute Gasteiger partial charge is 0.296 e. The molecule has 3 rings (SSSR count). The van der Waals surface area contributed by atoms with Crippen LogP contribution in [0.4, 0.5) is 5.69 Å². The number of primary amides is 1. The fourth-order valence-electron chi connectivity index (χ4n) is 3.69. The first-order chi connectivity index (χ1) is 12.4. The third-order valence-corrected chi connectivity index (χ3v) is 5.03. The van der Waals surface area contributed by atoms with E-state index in [0.717, 1.165) is 47.2 Å². The van der Waals surface area contributed by atoms with E-state index in [1.807, 2.05) is 19.9 Å². The van der Waals surface area contributed by atoms with Gasteiger partial charge < -0.3 is 20.9 Å². The maximum absolute atomic E-state index is 11.8. The summed E-state index contributed by atoms with van der Waals surface area (Å²) in [7, 11) is 0. The number of rotatable bonds is 3. The zero-order valence-electron chi connectivity index (χ0n) is 15.4. The van der Waals surface area contributed by atoms with E-state index in [-0.39, 0.29) is 11.9 Å². The lowest BCUT2D eigenvalue weighted by Gasteiger charge is -2.35. The summed E-state index contributed by atoms with van der Waals surface area (Å²) in [6.07, 6.45) is 1.91. The first-order valence-corrected chi connectivity index (χ1v) is 8.82. The number of benzene rings is 1.